The van der Waals surface area contributed by atoms with Gasteiger partial charge in [-0.3, -0.25) is 5.10 Å². The normalized spacial score (nSPS) is 13.6. The molecular formula is C13H17FN4O2S. The van der Waals surface area contributed by atoms with Crippen LogP contribution in [0.2, 0.25) is 0 Å². The minimum atomic E-state index is -3.83. The largest absolute Gasteiger partial charge is 0.326 e. The Balaban J connectivity index is 2.39. The average Bonchev–Trinajstić information content (AvgIpc) is 2.95. The molecule has 8 heteroatoms. The van der Waals surface area contributed by atoms with Gasteiger partial charge in [-0.25, -0.2) is 12.8 Å². The number of rotatable bonds is 5. The predicted molar refractivity (Wildman–Crippen MR) is 76.2 cm³/mol. The molecular weight excluding hydrogens is 295 g/mol. The smallest absolute Gasteiger partial charge is 0.260 e. The van der Waals surface area contributed by atoms with Crippen molar-refractivity contribution in [2.24, 2.45) is 5.73 Å². The van der Waals surface area contributed by atoms with Crippen LogP contribution in [0.15, 0.2) is 35.5 Å². The Kier molecular flexibility index (Phi) is 4.40. The summed E-state index contributed by atoms with van der Waals surface area (Å²) >= 11 is 0. The van der Waals surface area contributed by atoms with Crippen molar-refractivity contribution in [3.63, 3.8) is 0 Å². The second kappa shape index (κ2) is 5.92. The maximum atomic E-state index is 13.8. The first-order chi connectivity index (χ1) is 9.89. The molecule has 3 N–H and O–H groups in total. The van der Waals surface area contributed by atoms with E-state index < -0.39 is 21.9 Å². The lowest BCUT2D eigenvalue weighted by atomic mass is 10.1. The van der Waals surface area contributed by atoms with Crippen LogP contribution in [0.1, 0.15) is 24.1 Å². The molecule has 21 heavy (non-hydrogen) atoms. The highest BCUT2D eigenvalue weighted by atomic mass is 32.2. The number of nitrogens with two attached hydrogens (primary N) is 1. The fourth-order valence-electron chi connectivity index (χ4n) is 2.03. The van der Waals surface area contributed by atoms with Crippen molar-refractivity contribution in [3.05, 3.63) is 47.4 Å². The Morgan fingerprint density at radius 3 is 2.71 bits per heavy atom. The molecule has 0 saturated carbocycles. The van der Waals surface area contributed by atoms with Crippen LogP contribution < -0.4 is 5.73 Å². The fourth-order valence-corrected chi connectivity index (χ4v) is 3.48. The summed E-state index contributed by atoms with van der Waals surface area (Å²) in [5.41, 5.74) is 6.19. The van der Waals surface area contributed by atoms with Gasteiger partial charge in [0.1, 0.15) is 5.82 Å². The molecule has 0 amide bonds. The zero-order chi connectivity index (χ0) is 15.6. The third-order valence-electron chi connectivity index (χ3n) is 3.44. The molecule has 1 aromatic carbocycles. The number of nitrogens with zero attached hydrogens (tertiary/aromatic N) is 2. The molecule has 2 aromatic rings. The highest BCUT2D eigenvalue weighted by Crippen LogP contribution is 2.27. The van der Waals surface area contributed by atoms with Gasteiger partial charge in [0.05, 0.1) is 6.20 Å². The van der Waals surface area contributed by atoms with Gasteiger partial charge in [0, 0.05) is 30.8 Å². The predicted octanol–water partition coefficient (Wildman–Crippen LogP) is 1.39. The van der Waals surface area contributed by atoms with E-state index in [2.05, 4.69) is 10.2 Å². The number of H-pyrrole nitrogens is 1. The van der Waals surface area contributed by atoms with Gasteiger partial charge < -0.3 is 5.73 Å². The summed E-state index contributed by atoms with van der Waals surface area (Å²) in [5, 5.41) is 6.09. The van der Waals surface area contributed by atoms with Gasteiger partial charge in [0.25, 0.3) is 10.0 Å². The van der Waals surface area contributed by atoms with Crippen molar-refractivity contribution in [2.75, 3.05) is 7.05 Å². The Hall–Kier alpha value is -1.77. The van der Waals surface area contributed by atoms with Crippen molar-refractivity contribution in [1.29, 1.82) is 0 Å². The average molecular weight is 312 g/mol. The van der Waals surface area contributed by atoms with E-state index in [0.29, 0.717) is 11.1 Å². The summed E-state index contributed by atoms with van der Waals surface area (Å²) in [6, 6.07) is 5.42. The first kappa shape index (κ1) is 15.6. The molecule has 0 aliphatic heterocycles. The first-order valence-electron chi connectivity index (χ1n) is 6.34. The summed E-state index contributed by atoms with van der Waals surface area (Å²) in [4.78, 5) is 0. The fraction of sp³-hybridized carbons (Fsp3) is 0.308. The van der Waals surface area contributed by atoms with Crippen molar-refractivity contribution < 1.29 is 12.8 Å². The van der Waals surface area contributed by atoms with Crippen molar-refractivity contribution in [2.45, 2.75) is 24.5 Å². The maximum Gasteiger partial charge on any atom is 0.260 e. The number of hydrogen-bond acceptors (Lipinski definition) is 4. The molecule has 0 radical (unpaired) electrons. The molecule has 0 fully saturated rings. The Labute approximate surface area is 122 Å². The van der Waals surface area contributed by atoms with Crippen molar-refractivity contribution in [3.8, 4) is 0 Å². The second-order valence-electron chi connectivity index (χ2n) is 4.65. The molecule has 0 aliphatic carbocycles. The van der Waals surface area contributed by atoms with Crippen molar-refractivity contribution in [1.82, 2.24) is 14.5 Å². The number of sulfonamides is 1. The number of aromatic nitrogens is 2. The number of benzene rings is 1. The van der Waals surface area contributed by atoms with Gasteiger partial charge >= 0.3 is 0 Å². The second-order valence-corrected chi connectivity index (χ2v) is 6.58. The molecule has 1 aromatic heterocycles. The monoisotopic (exact) mass is 312 g/mol. The molecule has 2 rings (SSSR count). The van der Waals surface area contributed by atoms with Crippen LogP contribution >= 0.6 is 0 Å². The topological polar surface area (TPSA) is 92.1 Å². The van der Waals surface area contributed by atoms with E-state index in [4.69, 9.17) is 5.73 Å². The van der Waals surface area contributed by atoms with E-state index in [1.54, 1.807) is 25.1 Å². The summed E-state index contributed by atoms with van der Waals surface area (Å²) in [7, 11) is -2.44. The van der Waals surface area contributed by atoms with Gasteiger partial charge in [0.15, 0.2) is 5.03 Å². The summed E-state index contributed by atoms with van der Waals surface area (Å²) in [5.74, 6) is -0.448. The number of aromatic amines is 1. The van der Waals surface area contributed by atoms with Gasteiger partial charge in [-0.15, -0.1) is 0 Å². The molecule has 1 atom stereocenters. The molecule has 0 spiro atoms. The van der Waals surface area contributed by atoms with E-state index >= 15 is 0 Å². The van der Waals surface area contributed by atoms with Crippen LogP contribution in [0.5, 0.6) is 0 Å². The molecule has 114 valence electrons. The molecule has 0 bridgehead atoms. The van der Waals surface area contributed by atoms with E-state index in [1.807, 2.05) is 0 Å². The zero-order valence-electron chi connectivity index (χ0n) is 11.7. The third kappa shape index (κ3) is 2.82. The van der Waals surface area contributed by atoms with E-state index in [9.17, 15) is 12.8 Å². The van der Waals surface area contributed by atoms with Gasteiger partial charge in [0.2, 0.25) is 0 Å². The Morgan fingerprint density at radius 2 is 2.10 bits per heavy atom. The van der Waals surface area contributed by atoms with E-state index in [0.717, 1.165) is 4.31 Å². The SMILES string of the molecule is CC(c1ccccc1F)N(C)S(=O)(=O)c1[nH]ncc1CN. The highest BCUT2D eigenvalue weighted by molar-refractivity contribution is 7.89. The number of nitrogens with one attached hydrogen (secondary N) is 1. The lowest BCUT2D eigenvalue weighted by molar-refractivity contribution is 0.385. The van der Waals surface area contributed by atoms with Gasteiger partial charge in [-0.2, -0.15) is 9.40 Å². The number of halogens is 1. The van der Waals surface area contributed by atoms with Gasteiger partial charge in [-0.1, -0.05) is 18.2 Å². The minimum Gasteiger partial charge on any atom is -0.326 e. The summed E-state index contributed by atoms with van der Waals surface area (Å²) in [6.45, 7) is 1.67. The van der Waals surface area contributed by atoms with E-state index in [-0.39, 0.29) is 11.6 Å². The number of hydrogen-bond donors (Lipinski definition) is 2. The highest BCUT2D eigenvalue weighted by Gasteiger charge is 2.30. The molecule has 6 nitrogen and oxygen atoms in total. The van der Waals surface area contributed by atoms with Crippen LogP contribution in [-0.2, 0) is 16.6 Å². The quantitative estimate of drug-likeness (QED) is 0.872. The Bertz CT molecular complexity index is 729. The molecule has 0 aliphatic rings. The van der Waals surface area contributed by atoms with Crippen LogP contribution in [-0.4, -0.2) is 30.0 Å². The standard InChI is InChI=1S/C13H17FN4O2S/c1-9(11-5-3-4-6-12(11)14)18(2)21(19,20)13-10(7-15)8-16-17-13/h3-6,8-9H,7,15H2,1-2H3,(H,16,17). The molecule has 1 heterocycles. The van der Waals surface area contributed by atoms with Crippen LogP contribution in [0.3, 0.4) is 0 Å². The maximum absolute atomic E-state index is 13.8. The Morgan fingerprint density at radius 1 is 1.43 bits per heavy atom. The van der Waals surface area contributed by atoms with Gasteiger partial charge in [-0.05, 0) is 13.0 Å². The van der Waals surface area contributed by atoms with Crippen LogP contribution in [0, 0.1) is 5.82 Å². The van der Waals surface area contributed by atoms with Crippen molar-refractivity contribution >= 4 is 10.0 Å². The third-order valence-corrected chi connectivity index (χ3v) is 5.38. The van der Waals surface area contributed by atoms with Crippen LogP contribution in [0.25, 0.3) is 0 Å². The summed E-state index contributed by atoms with van der Waals surface area (Å²) in [6.07, 6.45) is 1.37. The molecule has 1 unspecified atom stereocenters. The lowest BCUT2D eigenvalue weighted by Crippen LogP contribution is -2.31. The summed E-state index contributed by atoms with van der Waals surface area (Å²) < 4.78 is 40.1. The molecule has 0 saturated heterocycles. The zero-order valence-corrected chi connectivity index (χ0v) is 12.6. The lowest BCUT2D eigenvalue weighted by Gasteiger charge is -2.24. The first-order valence-corrected chi connectivity index (χ1v) is 7.78. The van der Waals surface area contributed by atoms with E-state index in [1.165, 1.54) is 19.3 Å². The van der Waals surface area contributed by atoms with Crippen LogP contribution in [0.4, 0.5) is 4.39 Å². The minimum absolute atomic E-state index is 0.0486.